The maximum absolute atomic E-state index is 12.6. The molecule has 0 radical (unpaired) electrons. The van der Waals surface area contributed by atoms with E-state index in [1.165, 1.54) is 0 Å². The lowest BCUT2D eigenvalue weighted by molar-refractivity contribution is -0.146. The van der Waals surface area contributed by atoms with E-state index in [0.717, 1.165) is 36.3 Å². The van der Waals surface area contributed by atoms with Gasteiger partial charge in [0.2, 0.25) is 0 Å². The predicted molar refractivity (Wildman–Crippen MR) is 68.6 cm³/mol. The van der Waals surface area contributed by atoms with Crippen LogP contribution in [0.25, 0.3) is 0 Å². The molecule has 1 aromatic rings. The smallest absolute Gasteiger partial charge is 0.419 e. The van der Waals surface area contributed by atoms with Crippen molar-refractivity contribution in [3.05, 3.63) is 18.0 Å². The minimum Gasteiger partial charge on any atom is -0.480 e. The van der Waals surface area contributed by atoms with E-state index in [-0.39, 0.29) is 12.5 Å². The molecule has 2 N–H and O–H groups in total. The Kier molecular flexibility index (Phi) is 4.27. The quantitative estimate of drug-likeness (QED) is 0.810. The van der Waals surface area contributed by atoms with Crippen LogP contribution < -0.4 is 5.32 Å². The van der Waals surface area contributed by atoms with E-state index < -0.39 is 23.2 Å². The molecule has 1 aliphatic carbocycles. The van der Waals surface area contributed by atoms with Crippen molar-refractivity contribution < 1.29 is 23.1 Å². The molecule has 1 unspecified atom stereocenters. The normalized spacial score (nSPS) is 18.5. The second-order valence-electron chi connectivity index (χ2n) is 5.40. The molecule has 1 atom stereocenters. The Bertz CT molecular complexity index is 511. The van der Waals surface area contributed by atoms with Crippen LogP contribution >= 0.6 is 0 Å². The molecule has 118 valence electrons. The highest BCUT2D eigenvalue weighted by atomic mass is 19.4. The zero-order valence-corrected chi connectivity index (χ0v) is 11.7. The minimum absolute atomic E-state index is 0.0694. The number of halogens is 3. The molecule has 1 heterocycles. The molecule has 0 aromatic carbocycles. The SMILES string of the molecule is CCCNC(Cn1cc(C(F)(F)F)cn1)(C(=O)O)C1CC1. The summed E-state index contributed by atoms with van der Waals surface area (Å²) in [6.45, 7) is 2.29. The summed E-state index contributed by atoms with van der Waals surface area (Å²) in [4.78, 5) is 11.7. The second kappa shape index (κ2) is 5.67. The maximum Gasteiger partial charge on any atom is 0.419 e. The summed E-state index contributed by atoms with van der Waals surface area (Å²) < 4.78 is 38.8. The van der Waals surface area contributed by atoms with Gasteiger partial charge in [-0.3, -0.25) is 9.48 Å². The zero-order valence-electron chi connectivity index (χ0n) is 11.7. The van der Waals surface area contributed by atoms with Crippen molar-refractivity contribution in [3.8, 4) is 0 Å². The number of aliphatic carboxylic acids is 1. The topological polar surface area (TPSA) is 67.2 Å². The first-order valence-electron chi connectivity index (χ1n) is 6.87. The van der Waals surface area contributed by atoms with Crippen LogP contribution in [0.3, 0.4) is 0 Å². The van der Waals surface area contributed by atoms with Gasteiger partial charge in [0.05, 0.1) is 18.3 Å². The Morgan fingerprint density at radius 3 is 2.62 bits per heavy atom. The van der Waals surface area contributed by atoms with Crippen molar-refractivity contribution in [1.29, 1.82) is 0 Å². The van der Waals surface area contributed by atoms with E-state index in [4.69, 9.17) is 0 Å². The van der Waals surface area contributed by atoms with Crippen LogP contribution in [0.15, 0.2) is 12.4 Å². The summed E-state index contributed by atoms with van der Waals surface area (Å²) in [5, 5.41) is 16.2. The van der Waals surface area contributed by atoms with Gasteiger partial charge in [-0.25, -0.2) is 0 Å². The summed E-state index contributed by atoms with van der Waals surface area (Å²) in [5.41, 5.74) is -2.11. The monoisotopic (exact) mass is 305 g/mol. The van der Waals surface area contributed by atoms with Gasteiger partial charge in [-0.1, -0.05) is 6.92 Å². The molecule has 1 aliphatic rings. The van der Waals surface area contributed by atoms with Crippen molar-refractivity contribution in [3.63, 3.8) is 0 Å². The fourth-order valence-electron chi connectivity index (χ4n) is 2.42. The van der Waals surface area contributed by atoms with Crippen LogP contribution in [0.2, 0.25) is 0 Å². The Balaban J connectivity index is 2.22. The highest BCUT2D eigenvalue weighted by molar-refractivity contribution is 5.79. The average molecular weight is 305 g/mol. The van der Waals surface area contributed by atoms with E-state index >= 15 is 0 Å². The van der Waals surface area contributed by atoms with Crippen molar-refractivity contribution in [2.45, 2.75) is 44.4 Å². The molecule has 0 aliphatic heterocycles. The van der Waals surface area contributed by atoms with Gasteiger partial charge in [0.15, 0.2) is 0 Å². The van der Waals surface area contributed by atoms with E-state index in [1.807, 2.05) is 6.92 Å². The van der Waals surface area contributed by atoms with Gasteiger partial charge in [-0.2, -0.15) is 18.3 Å². The van der Waals surface area contributed by atoms with Crippen molar-refractivity contribution in [2.75, 3.05) is 6.54 Å². The number of nitrogens with one attached hydrogen (secondary N) is 1. The molecule has 0 spiro atoms. The lowest BCUT2D eigenvalue weighted by Gasteiger charge is -2.30. The van der Waals surface area contributed by atoms with Crippen molar-refractivity contribution >= 4 is 5.97 Å². The number of carboxylic acid groups (broad SMARTS) is 1. The van der Waals surface area contributed by atoms with E-state index in [1.54, 1.807) is 0 Å². The van der Waals surface area contributed by atoms with Crippen LogP contribution in [0.4, 0.5) is 13.2 Å². The number of carboxylic acids is 1. The highest BCUT2D eigenvalue weighted by Crippen LogP contribution is 2.41. The highest BCUT2D eigenvalue weighted by Gasteiger charge is 2.51. The van der Waals surface area contributed by atoms with Crippen LogP contribution in [-0.4, -0.2) is 32.9 Å². The molecule has 0 bridgehead atoms. The Labute approximate surface area is 120 Å². The van der Waals surface area contributed by atoms with Gasteiger partial charge in [-0.15, -0.1) is 0 Å². The Hall–Kier alpha value is -1.57. The van der Waals surface area contributed by atoms with Crippen LogP contribution in [0.1, 0.15) is 31.7 Å². The molecule has 1 aromatic heterocycles. The number of hydrogen-bond acceptors (Lipinski definition) is 3. The molecule has 2 rings (SSSR count). The number of alkyl halides is 3. The molecular weight excluding hydrogens is 287 g/mol. The number of aromatic nitrogens is 2. The summed E-state index contributed by atoms with van der Waals surface area (Å²) in [5.74, 6) is -1.11. The molecule has 1 fully saturated rings. The van der Waals surface area contributed by atoms with E-state index in [2.05, 4.69) is 10.4 Å². The number of rotatable bonds is 7. The fourth-order valence-corrected chi connectivity index (χ4v) is 2.42. The predicted octanol–water partition coefficient (Wildman–Crippen LogP) is 2.13. The van der Waals surface area contributed by atoms with Gasteiger partial charge in [-0.05, 0) is 31.7 Å². The lowest BCUT2D eigenvalue weighted by Crippen LogP contribution is -2.57. The van der Waals surface area contributed by atoms with Gasteiger partial charge >= 0.3 is 12.1 Å². The second-order valence-corrected chi connectivity index (χ2v) is 5.40. The number of hydrogen-bond donors (Lipinski definition) is 2. The molecule has 0 saturated heterocycles. The first-order valence-corrected chi connectivity index (χ1v) is 6.87. The van der Waals surface area contributed by atoms with Crippen LogP contribution in [0.5, 0.6) is 0 Å². The first-order chi connectivity index (χ1) is 9.79. The average Bonchev–Trinajstić information content (AvgIpc) is 3.13. The largest absolute Gasteiger partial charge is 0.480 e. The first kappa shape index (κ1) is 15.8. The summed E-state index contributed by atoms with van der Waals surface area (Å²) in [7, 11) is 0. The van der Waals surface area contributed by atoms with Gasteiger partial charge in [0.25, 0.3) is 0 Å². The molecule has 0 amide bonds. The van der Waals surface area contributed by atoms with Gasteiger partial charge in [0.1, 0.15) is 5.54 Å². The Morgan fingerprint density at radius 1 is 1.52 bits per heavy atom. The third kappa shape index (κ3) is 3.37. The minimum atomic E-state index is -4.47. The third-order valence-corrected chi connectivity index (χ3v) is 3.72. The number of carbonyl (C=O) groups is 1. The van der Waals surface area contributed by atoms with Gasteiger partial charge < -0.3 is 10.4 Å². The van der Waals surface area contributed by atoms with E-state index in [0.29, 0.717) is 6.54 Å². The summed E-state index contributed by atoms with van der Waals surface area (Å²) >= 11 is 0. The molecule has 1 saturated carbocycles. The fraction of sp³-hybridized carbons (Fsp3) is 0.692. The van der Waals surface area contributed by atoms with Crippen molar-refractivity contribution in [1.82, 2.24) is 15.1 Å². The lowest BCUT2D eigenvalue weighted by atomic mass is 9.93. The molecule has 21 heavy (non-hydrogen) atoms. The zero-order chi connectivity index (χ0) is 15.7. The summed E-state index contributed by atoms with van der Waals surface area (Å²) in [6, 6.07) is 0. The third-order valence-electron chi connectivity index (χ3n) is 3.72. The standard InChI is InChI=1S/C13H18F3N3O2/c1-2-5-17-12(11(20)21,9-3-4-9)8-19-7-10(6-18-19)13(14,15)16/h6-7,9,17H,2-5,8H2,1H3,(H,20,21). The Morgan fingerprint density at radius 2 is 2.19 bits per heavy atom. The van der Waals surface area contributed by atoms with Crippen molar-refractivity contribution in [2.24, 2.45) is 5.92 Å². The maximum atomic E-state index is 12.6. The summed E-state index contributed by atoms with van der Waals surface area (Å²) in [6.07, 6.45) is -0.630. The molecular formula is C13H18F3N3O2. The number of nitrogens with zero attached hydrogens (tertiary/aromatic N) is 2. The van der Waals surface area contributed by atoms with Gasteiger partial charge in [0, 0.05) is 6.20 Å². The molecule has 8 heteroatoms. The van der Waals surface area contributed by atoms with E-state index in [9.17, 15) is 23.1 Å². The van der Waals surface area contributed by atoms with Crippen LogP contribution in [0, 0.1) is 5.92 Å². The molecule has 5 nitrogen and oxygen atoms in total. The van der Waals surface area contributed by atoms with Crippen LogP contribution in [-0.2, 0) is 17.5 Å².